The quantitative estimate of drug-likeness (QED) is 0.822. The molecule has 2 heteroatoms. The van der Waals surface area contributed by atoms with Crippen molar-refractivity contribution in [2.45, 2.75) is 47.1 Å². The van der Waals surface area contributed by atoms with Gasteiger partial charge in [-0.1, -0.05) is 20.3 Å². The highest BCUT2D eigenvalue weighted by molar-refractivity contribution is 5.35. The van der Waals surface area contributed by atoms with Crippen molar-refractivity contribution < 1.29 is 0 Å². The summed E-state index contributed by atoms with van der Waals surface area (Å²) in [6, 6.07) is 0. The fourth-order valence-electron chi connectivity index (χ4n) is 1.79. The maximum Gasteiger partial charge on any atom is 0.0405 e. The van der Waals surface area contributed by atoms with Crippen LogP contribution >= 0.6 is 0 Å². The Bertz CT molecular complexity index is 332. The topological polar surface area (TPSA) is 38.9 Å². The molecule has 0 bridgehead atoms. The van der Waals surface area contributed by atoms with Crippen molar-refractivity contribution in [2.75, 3.05) is 0 Å². The van der Waals surface area contributed by atoms with Gasteiger partial charge in [0, 0.05) is 18.4 Å². The molecule has 2 N–H and O–H groups in total. The van der Waals surface area contributed by atoms with E-state index in [-0.39, 0.29) is 0 Å². The second-order valence-electron chi connectivity index (χ2n) is 4.39. The molecule has 1 rings (SSSR count). The zero-order valence-corrected chi connectivity index (χ0v) is 10.3. The molecule has 1 aromatic heterocycles. The summed E-state index contributed by atoms with van der Waals surface area (Å²) in [6.07, 6.45) is 4.30. The van der Waals surface area contributed by atoms with Crippen LogP contribution < -0.4 is 5.73 Å². The van der Waals surface area contributed by atoms with Gasteiger partial charge >= 0.3 is 0 Å². The second kappa shape index (κ2) is 5.26. The number of aryl methyl sites for hydroxylation is 1. The van der Waals surface area contributed by atoms with Crippen molar-refractivity contribution in [1.82, 2.24) is 4.98 Å². The molecule has 1 unspecified atom stereocenters. The highest BCUT2D eigenvalue weighted by atomic mass is 14.7. The lowest BCUT2D eigenvalue weighted by atomic mass is 9.94. The van der Waals surface area contributed by atoms with Gasteiger partial charge in [0.25, 0.3) is 0 Å². The van der Waals surface area contributed by atoms with Crippen LogP contribution in [0.1, 0.15) is 42.7 Å². The molecule has 0 aliphatic carbocycles. The predicted molar refractivity (Wildman–Crippen MR) is 64.8 cm³/mol. The molecule has 0 aliphatic rings. The molecule has 0 spiro atoms. The predicted octanol–water partition coefficient (Wildman–Crippen LogP) is 2.75. The highest BCUT2D eigenvalue weighted by Crippen LogP contribution is 2.19. The minimum Gasteiger partial charge on any atom is -0.326 e. The number of nitrogens with two attached hydrogens (primary N) is 1. The second-order valence-corrected chi connectivity index (χ2v) is 4.39. The Balaban J connectivity index is 3.02. The zero-order valence-electron chi connectivity index (χ0n) is 10.3. The summed E-state index contributed by atoms with van der Waals surface area (Å²) in [4.78, 5) is 4.42. The van der Waals surface area contributed by atoms with E-state index < -0.39 is 0 Å². The molecule has 0 radical (unpaired) electrons. The molecule has 0 fully saturated rings. The minimum absolute atomic E-state index is 0.626. The number of pyridine rings is 1. The van der Waals surface area contributed by atoms with E-state index in [9.17, 15) is 0 Å². The van der Waals surface area contributed by atoms with Crippen molar-refractivity contribution in [3.05, 3.63) is 28.6 Å². The fourth-order valence-corrected chi connectivity index (χ4v) is 1.79. The first-order valence-electron chi connectivity index (χ1n) is 5.74. The fraction of sp³-hybridized carbons (Fsp3) is 0.615. The molecule has 0 saturated carbocycles. The van der Waals surface area contributed by atoms with Gasteiger partial charge in [0.15, 0.2) is 0 Å². The van der Waals surface area contributed by atoms with E-state index in [1.807, 2.05) is 13.1 Å². The molecule has 2 nitrogen and oxygen atoms in total. The number of nitrogens with zero attached hydrogens (tertiary/aromatic N) is 1. The van der Waals surface area contributed by atoms with Gasteiger partial charge < -0.3 is 5.73 Å². The molecule has 1 aromatic rings. The summed E-state index contributed by atoms with van der Waals surface area (Å²) in [6.45, 7) is 9.28. The van der Waals surface area contributed by atoms with Crippen LogP contribution in [-0.2, 0) is 13.0 Å². The Morgan fingerprint density at radius 3 is 2.60 bits per heavy atom. The number of hydrogen-bond donors (Lipinski definition) is 1. The summed E-state index contributed by atoms with van der Waals surface area (Å²) >= 11 is 0. The van der Waals surface area contributed by atoms with E-state index >= 15 is 0 Å². The summed E-state index contributed by atoms with van der Waals surface area (Å²) in [5.41, 5.74) is 10.8. The van der Waals surface area contributed by atoms with Gasteiger partial charge in [-0.3, -0.25) is 4.98 Å². The standard InChI is InChI=1S/C13H22N2/c1-5-9(2)6-12-8-15-11(4)10(3)13(12)7-14/h8-9H,5-7,14H2,1-4H3. The third-order valence-corrected chi connectivity index (χ3v) is 3.27. The van der Waals surface area contributed by atoms with Gasteiger partial charge in [-0.05, 0) is 42.9 Å². The van der Waals surface area contributed by atoms with Crippen molar-refractivity contribution in [3.8, 4) is 0 Å². The third kappa shape index (κ3) is 2.78. The molecule has 0 saturated heterocycles. The Morgan fingerprint density at radius 2 is 2.07 bits per heavy atom. The van der Waals surface area contributed by atoms with E-state index in [2.05, 4.69) is 25.8 Å². The largest absolute Gasteiger partial charge is 0.326 e. The maximum absolute atomic E-state index is 5.81. The van der Waals surface area contributed by atoms with Crippen LogP contribution in [0, 0.1) is 19.8 Å². The lowest BCUT2D eigenvalue weighted by molar-refractivity contribution is 0.556. The molecule has 1 atom stereocenters. The van der Waals surface area contributed by atoms with Gasteiger partial charge in [-0.25, -0.2) is 0 Å². The average molecular weight is 206 g/mol. The Labute approximate surface area is 92.9 Å². The van der Waals surface area contributed by atoms with Crippen LogP contribution in [0.2, 0.25) is 0 Å². The molecular weight excluding hydrogens is 184 g/mol. The van der Waals surface area contributed by atoms with E-state index in [1.54, 1.807) is 0 Å². The first kappa shape index (κ1) is 12.2. The highest BCUT2D eigenvalue weighted by Gasteiger charge is 2.10. The Kier molecular flexibility index (Phi) is 4.28. The van der Waals surface area contributed by atoms with Crippen molar-refractivity contribution >= 4 is 0 Å². The average Bonchev–Trinajstić information content (AvgIpc) is 2.24. The Hall–Kier alpha value is -0.890. The first-order valence-corrected chi connectivity index (χ1v) is 5.74. The van der Waals surface area contributed by atoms with Gasteiger partial charge in [0.05, 0.1) is 0 Å². The smallest absolute Gasteiger partial charge is 0.0405 e. The molecular formula is C13H22N2. The van der Waals surface area contributed by atoms with Crippen LogP contribution in [-0.4, -0.2) is 4.98 Å². The first-order chi connectivity index (χ1) is 7.10. The lowest BCUT2D eigenvalue weighted by Crippen LogP contribution is -2.09. The van der Waals surface area contributed by atoms with Crippen molar-refractivity contribution in [3.63, 3.8) is 0 Å². The number of hydrogen-bond acceptors (Lipinski definition) is 2. The summed E-state index contributed by atoms with van der Waals surface area (Å²) in [7, 11) is 0. The van der Waals surface area contributed by atoms with Crippen molar-refractivity contribution in [1.29, 1.82) is 0 Å². The number of aromatic nitrogens is 1. The summed E-state index contributed by atoms with van der Waals surface area (Å²) in [5.74, 6) is 0.708. The lowest BCUT2D eigenvalue weighted by Gasteiger charge is -2.15. The SMILES string of the molecule is CCC(C)Cc1cnc(C)c(C)c1CN. The minimum atomic E-state index is 0.626. The van der Waals surface area contributed by atoms with Gasteiger partial charge in [-0.2, -0.15) is 0 Å². The molecule has 0 amide bonds. The van der Waals surface area contributed by atoms with E-state index in [1.165, 1.54) is 23.1 Å². The third-order valence-electron chi connectivity index (χ3n) is 3.27. The molecule has 1 heterocycles. The number of rotatable bonds is 4. The van der Waals surface area contributed by atoms with Crippen LogP contribution in [0.4, 0.5) is 0 Å². The van der Waals surface area contributed by atoms with Crippen LogP contribution in [0.3, 0.4) is 0 Å². The van der Waals surface area contributed by atoms with Gasteiger partial charge in [0.2, 0.25) is 0 Å². The monoisotopic (exact) mass is 206 g/mol. The summed E-state index contributed by atoms with van der Waals surface area (Å²) < 4.78 is 0. The molecule has 0 aliphatic heterocycles. The normalized spacial score (nSPS) is 12.9. The summed E-state index contributed by atoms with van der Waals surface area (Å²) in [5, 5.41) is 0. The van der Waals surface area contributed by atoms with Gasteiger partial charge in [-0.15, -0.1) is 0 Å². The van der Waals surface area contributed by atoms with E-state index in [4.69, 9.17) is 5.73 Å². The van der Waals surface area contributed by atoms with Crippen LogP contribution in [0.15, 0.2) is 6.20 Å². The van der Waals surface area contributed by atoms with Gasteiger partial charge in [0.1, 0.15) is 0 Å². The van der Waals surface area contributed by atoms with E-state index in [0.717, 1.165) is 12.1 Å². The van der Waals surface area contributed by atoms with Crippen molar-refractivity contribution in [2.24, 2.45) is 11.7 Å². The van der Waals surface area contributed by atoms with Crippen LogP contribution in [0.25, 0.3) is 0 Å². The molecule has 15 heavy (non-hydrogen) atoms. The van der Waals surface area contributed by atoms with Crippen LogP contribution in [0.5, 0.6) is 0 Å². The molecule has 0 aromatic carbocycles. The Morgan fingerprint density at radius 1 is 1.40 bits per heavy atom. The molecule has 84 valence electrons. The maximum atomic E-state index is 5.81. The zero-order chi connectivity index (χ0) is 11.4. The van der Waals surface area contributed by atoms with E-state index in [0.29, 0.717) is 12.5 Å².